The molecule has 0 aromatic heterocycles. The molecule has 2 aliphatic rings. The van der Waals surface area contributed by atoms with Crippen LogP contribution in [0, 0.1) is 5.92 Å². The summed E-state index contributed by atoms with van der Waals surface area (Å²) in [6, 6.07) is 0.697. The van der Waals surface area contributed by atoms with E-state index in [1.54, 1.807) is 0 Å². The third-order valence-corrected chi connectivity index (χ3v) is 3.63. The molecule has 2 saturated heterocycles. The Kier molecular flexibility index (Phi) is 4.00. The van der Waals surface area contributed by atoms with Gasteiger partial charge < -0.3 is 10.1 Å². The Morgan fingerprint density at radius 2 is 2.33 bits per heavy atom. The molecular weight excluding hydrogens is 188 g/mol. The van der Waals surface area contributed by atoms with Crippen molar-refractivity contribution in [2.75, 3.05) is 32.8 Å². The largest absolute Gasteiger partial charge is 0.377 e. The van der Waals surface area contributed by atoms with Crippen LogP contribution in [0.25, 0.3) is 0 Å². The van der Waals surface area contributed by atoms with E-state index in [0.717, 1.165) is 32.2 Å². The van der Waals surface area contributed by atoms with E-state index in [1.165, 1.54) is 19.4 Å². The van der Waals surface area contributed by atoms with E-state index in [-0.39, 0.29) is 0 Å². The fraction of sp³-hybridized carbons (Fsp3) is 1.00. The van der Waals surface area contributed by atoms with Crippen molar-refractivity contribution in [2.45, 2.75) is 38.8 Å². The molecule has 2 unspecified atom stereocenters. The zero-order chi connectivity index (χ0) is 10.7. The monoisotopic (exact) mass is 212 g/mol. The third kappa shape index (κ3) is 2.92. The maximum atomic E-state index is 5.72. The molecular formula is C12H24N2O. The number of hydrogen-bond donors (Lipinski definition) is 1. The topological polar surface area (TPSA) is 24.5 Å². The summed E-state index contributed by atoms with van der Waals surface area (Å²) < 4.78 is 5.72. The van der Waals surface area contributed by atoms with Crippen molar-refractivity contribution in [3.8, 4) is 0 Å². The molecule has 0 spiro atoms. The summed E-state index contributed by atoms with van der Waals surface area (Å²) in [5, 5.41) is 3.49. The minimum absolute atomic E-state index is 0.504. The van der Waals surface area contributed by atoms with Crippen molar-refractivity contribution in [3.05, 3.63) is 0 Å². The zero-order valence-electron chi connectivity index (χ0n) is 10.0. The van der Waals surface area contributed by atoms with Gasteiger partial charge >= 0.3 is 0 Å². The van der Waals surface area contributed by atoms with Gasteiger partial charge in [0.2, 0.25) is 0 Å². The molecule has 2 fully saturated rings. The highest BCUT2D eigenvalue weighted by molar-refractivity contribution is 4.84. The highest BCUT2D eigenvalue weighted by Crippen LogP contribution is 2.18. The van der Waals surface area contributed by atoms with Gasteiger partial charge in [0, 0.05) is 38.8 Å². The molecule has 15 heavy (non-hydrogen) atoms. The molecule has 0 aromatic carbocycles. The SMILES string of the molecule is CC(C)C1CNCCN1CC1CCCO1. The molecule has 0 radical (unpaired) electrons. The Labute approximate surface area is 93.2 Å². The number of hydrogen-bond acceptors (Lipinski definition) is 3. The average Bonchev–Trinajstić information content (AvgIpc) is 2.71. The van der Waals surface area contributed by atoms with Crippen LogP contribution in [0.4, 0.5) is 0 Å². The van der Waals surface area contributed by atoms with Gasteiger partial charge in [-0.3, -0.25) is 4.90 Å². The van der Waals surface area contributed by atoms with E-state index in [0.29, 0.717) is 12.1 Å². The van der Waals surface area contributed by atoms with Crippen LogP contribution < -0.4 is 5.32 Å². The lowest BCUT2D eigenvalue weighted by Crippen LogP contribution is -2.55. The van der Waals surface area contributed by atoms with E-state index in [1.807, 2.05) is 0 Å². The molecule has 2 heterocycles. The van der Waals surface area contributed by atoms with Crippen LogP contribution in [-0.4, -0.2) is 49.8 Å². The lowest BCUT2D eigenvalue weighted by molar-refractivity contribution is 0.0375. The Balaban J connectivity index is 1.86. The quantitative estimate of drug-likeness (QED) is 0.758. The summed E-state index contributed by atoms with van der Waals surface area (Å²) in [6.45, 7) is 10.2. The lowest BCUT2D eigenvalue weighted by atomic mass is 10.00. The fourth-order valence-electron chi connectivity index (χ4n) is 2.70. The van der Waals surface area contributed by atoms with E-state index in [4.69, 9.17) is 4.74 Å². The standard InChI is InChI=1S/C12H24N2O/c1-10(2)12-8-13-5-6-14(12)9-11-4-3-7-15-11/h10-13H,3-9H2,1-2H3. The van der Waals surface area contributed by atoms with Crippen molar-refractivity contribution in [1.29, 1.82) is 0 Å². The Morgan fingerprint density at radius 3 is 3.00 bits per heavy atom. The number of nitrogens with one attached hydrogen (secondary N) is 1. The van der Waals surface area contributed by atoms with Crippen molar-refractivity contribution in [1.82, 2.24) is 10.2 Å². The van der Waals surface area contributed by atoms with Crippen molar-refractivity contribution >= 4 is 0 Å². The second-order valence-corrected chi connectivity index (χ2v) is 5.15. The van der Waals surface area contributed by atoms with Crippen LogP contribution in [0.3, 0.4) is 0 Å². The maximum absolute atomic E-state index is 5.72. The summed E-state index contributed by atoms with van der Waals surface area (Å²) >= 11 is 0. The first kappa shape index (κ1) is 11.4. The first-order valence-electron chi connectivity index (χ1n) is 6.33. The van der Waals surface area contributed by atoms with E-state index < -0.39 is 0 Å². The Bertz CT molecular complexity index is 190. The number of rotatable bonds is 3. The van der Waals surface area contributed by atoms with Crippen LogP contribution in [0.15, 0.2) is 0 Å². The fourth-order valence-corrected chi connectivity index (χ4v) is 2.70. The normalized spacial score (nSPS) is 33.8. The summed E-state index contributed by atoms with van der Waals surface area (Å²) in [5.74, 6) is 0.735. The van der Waals surface area contributed by atoms with Crippen LogP contribution in [0.5, 0.6) is 0 Å². The van der Waals surface area contributed by atoms with Crippen molar-refractivity contribution < 1.29 is 4.74 Å². The van der Waals surface area contributed by atoms with E-state index >= 15 is 0 Å². The van der Waals surface area contributed by atoms with Crippen LogP contribution in [0.2, 0.25) is 0 Å². The molecule has 2 atom stereocenters. The number of nitrogens with zero attached hydrogens (tertiary/aromatic N) is 1. The van der Waals surface area contributed by atoms with Gasteiger partial charge in [-0.2, -0.15) is 0 Å². The van der Waals surface area contributed by atoms with Gasteiger partial charge in [-0.05, 0) is 18.8 Å². The number of piperazine rings is 1. The average molecular weight is 212 g/mol. The van der Waals surface area contributed by atoms with E-state index in [2.05, 4.69) is 24.1 Å². The first-order chi connectivity index (χ1) is 7.27. The van der Waals surface area contributed by atoms with Gasteiger partial charge in [-0.15, -0.1) is 0 Å². The van der Waals surface area contributed by atoms with Gasteiger partial charge in [0.05, 0.1) is 6.10 Å². The second-order valence-electron chi connectivity index (χ2n) is 5.15. The van der Waals surface area contributed by atoms with Crippen LogP contribution in [-0.2, 0) is 4.74 Å². The van der Waals surface area contributed by atoms with Crippen LogP contribution in [0.1, 0.15) is 26.7 Å². The van der Waals surface area contributed by atoms with Gasteiger partial charge in [-0.25, -0.2) is 0 Å². The second kappa shape index (κ2) is 5.28. The third-order valence-electron chi connectivity index (χ3n) is 3.63. The molecule has 0 aromatic rings. The maximum Gasteiger partial charge on any atom is 0.0702 e. The van der Waals surface area contributed by atoms with Gasteiger partial charge in [0.25, 0.3) is 0 Å². The van der Waals surface area contributed by atoms with Gasteiger partial charge in [-0.1, -0.05) is 13.8 Å². The lowest BCUT2D eigenvalue weighted by Gasteiger charge is -2.39. The van der Waals surface area contributed by atoms with Gasteiger partial charge in [0.15, 0.2) is 0 Å². The first-order valence-corrected chi connectivity index (χ1v) is 6.33. The summed E-state index contributed by atoms with van der Waals surface area (Å²) in [5.41, 5.74) is 0. The molecule has 1 N–H and O–H groups in total. The Hall–Kier alpha value is -0.120. The molecule has 3 nitrogen and oxygen atoms in total. The predicted octanol–water partition coefficient (Wildman–Crippen LogP) is 1.10. The van der Waals surface area contributed by atoms with Gasteiger partial charge in [0.1, 0.15) is 0 Å². The predicted molar refractivity (Wildman–Crippen MR) is 62.0 cm³/mol. The van der Waals surface area contributed by atoms with E-state index in [9.17, 15) is 0 Å². The number of ether oxygens (including phenoxy) is 1. The van der Waals surface area contributed by atoms with Crippen molar-refractivity contribution in [3.63, 3.8) is 0 Å². The smallest absolute Gasteiger partial charge is 0.0702 e. The molecule has 88 valence electrons. The summed E-state index contributed by atoms with van der Waals surface area (Å²) in [4.78, 5) is 2.62. The minimum Gasteiger partial charge on any atom is -0.377 e. The minimum atomic E-state index is 0.504. The van der Waals surface area contributed by atoms with Crippen LogP contribution >= 0.6 is 0 Å². The van der Waals surface area contributed by atoms with Crippen molar-refractivity contribution in [2.24, 2.45) is 5.92 Å². The highest BCUT2D eigenvalue weighted by Gasteiger charge is 2.28. The molecule has 2 aliphatic heterocycles. The molecule has 0 bridgehead atoms. The molecule has 0 saturated carbocycles. The zero-order valence-corrected chi connectivity index (χ0v) is 10.0. The summed E-state index contributed by atoms with van der Waals surface area (Å²) in [6.07, 6.45) is 3.02. The molecule has 3 heteroatoms. The summed E-state index contributed by atoms with van der Waals surface area (Å²) in [7, 11) is 0. The molecule has 0 aliphatic carbocycles. The molecule has 0 amide bonds. The molecule has 2 rings (SSSR count). The Morgan fingerprint density at radius 1 is 1.47 bits per heavy atom. The highest BCUT2D eigenvalue weighted by atomic mass is 16.5.